The molecule has 0 unspecified atom stereocenters. The summed E-state index contributed by atoms with van der Waals surface area (Å²) < 4.78 is 5.71. The second kappa shape index (κ2) is 9.47. The number of hydrogen-bond acceptors (Lipinski definition) is 6. The molecule has 1 aromatic heterocycles. The van der Waals surface area contributed by atoms with Crippen LogP contribution < -0.4 is 15.4 Å². The molecule has 1 saturated heterocycles. The van der Waals surface area contributed by atoms with Crippen molar-refractivity contribution in [1.29, 1.82) is 0 Å². The number of carbonyl (C=O) groups is 2. The largest absolute Gasteiger partial charge is 0.478 e. The molecular weight excluding hydrogens is 392 g/mol. The average Bonchev–Trinajstić information content (AvgIpc) is 3.27. The summed E-state index contributed by atoms with van der Waals surface area (Å²) in [5, 5.41) is 0. The Morgan fingerprint density at radius 2 is 1.74 bits per heavy atom. The summed E-state index contributed by atoms with van der Waals surface area (Å²) in [4.78, 5) is 33.3. The zero-order valence-electron chi connectivity index (χ0n) is 18.1. The molecule has 0 bridgehead atoms. The van der Waals surface area contributed by atoms with Gasteiger partial charge in [-0.2, -0.15) is 4.98 Å². The fraction of sp³-hybridized carbons (Fsp3) is 0.458. The lowest BCUT2D eigenvalue weighted by Gasteiger charge is -2.29. The zero-order chi connectivity index (χ0) is 21.8. The van der Waals surface area contributed by atoms with E-state index in [4.69, 9.17) is 10.5 Å². The van der Waals surface area contributed by atoms with Crippen molar-refractivity contribution in [2.45, 2.75) is 52.1 Å². The highest BCUT2D eigenvalue weighted by atomic mass is 16.5. The number of Topliss-reactive ketones (excluding diaryl/α,β-unsaturated/α-hetero) is 1. The number of hydrogen-bond donors (Lipinski definition) is 1. The van der Waals surface area contributed by atoms with Crippen LogP contribution in [0.15, 0.2) is 30.3 Å². The van der Waals surface area contributed by atoms with Crippen LogP contribution in [0.3, 0.4) is 0 Å². The number of ketones is 1. The van der Waals surface area contributed by atoms with E-state index in [1.165, 1.54) is 23.3 Å². The molecular formula is C24H30N4O3. The van der Waals surface area contributed by atoms with Gasteiger partial charge in [0, 0.05) is 24.6 Å². The molecule has 1 fully saturated rings. The summed E-state index contributed by atoms with van der Waals surface area (Å²) in [6.45, 7) is 6.18. The number of pyridine rings is 1. The lowest BCUT2D eigenvalue weighted by Crippen LogP contribution is -2.41. The van der Waals surface area contributed by atoms with Crippen molar-refractivity contribution in [1.82, 2.24) is 9.88 Å². The van der Waals surface area contributed by atoms with Crippen LogP contribution in [0, 0.1) is 0 Å². The zero-order valence-corrected chi connectivity index (χ0v) is 18.1. The van der Waals surface area contributed by atoms with Crippen molar-refractivity contribution >= 4 is 23.2 Å². The molecule has 0 saturated carbocycles. The van der Waals surface area contributed by atoms with Crippen molar-refractivity contribution in [3.05, 3.63) is 47.0 Å². The first-order valence-electron chi connectivity index (χ1n) is 11.1. The van der Waals surface area contributed by atoms with Crippen LogP contribution in [0.1, 0.15) is 49.3 Å². The van der Waals surface area contributed by atoms with E-state index in [0.717, 1.165) is 38.0 Å². The van der Waals surface area contributed by atoms with E-state index < -0.39 is 11.7 Å². The molecule has 1 amide bonds. The molecule has 0 aliphatic carbocycles. The minimum Gasteiger partial charge on any atom is -0.478 e. The third-order valence-electron chi connectivity index (χ3n) is 5.94. The predicted molar refractivity (Wildman–Crippen MR) is 120 cm³/mol. The number of unbranched alkanes of at least 4 members (excludes halogenated alkanes) is 1. The standard InChI is InChI=1S/C24H30N4O3/c1-2-3-12-31-22-14-20-19(23(25)26-22)13-21(29)24(30)28(20)16-18-8-6-17(7-9-18)15-27-10-4-5-11-27/h6-9,14H,2-5,10-13,15-16H2,1H3,(H2,25,26). The van der Waals surface area contributed by atoms with E-state index in [0.29, 0.717) is 30.3 Å². The van der Waals surface area contributed by atoms with Gasteiger partial charge in [-0.25, -0.2) is 0 Å². The summed E-state index contributed by atoms with van der Waals surface area (Å²) in [6.07, 6.45) is 4.43. The van der Waals surface area contributed by atoms with E-state index in [1.807, 2.05) is 12.1 Å². The van der Waals surface area contributed by atoms with Crippen LogP contribution in [-0.4, -0.2) is 41.3 Å². The molecule has 4 rings (SSSR count). The normalized spacial score (nSPS) is 16.6. The van der Waals surface area contributed by atoms with Gasteiger partial charge in [0.1, 0.15) is 5.82 Å². The van der Waals surface area contributed by atoms with Gasteiger partial charge < -0.3 is 15.4 Å². The lowest BCUT2D eigenvalue weighted by molar-refractivity contribution is -0.136. The molecule has 2 N–H and O–H groups in total. The molecule has 164 valence electrons. The number of fused-ring (bicyclic) bond motifs is 1. The Labute approximate surface area is 183 Å². The van der Waals surface area contributed by atoms with Crippen molar-refractivity contribution in [2.75, 3.05) is 30.3 Å². The minimum absolute atomic E-state index is 0.0203. The molecule has 2 aliphatic heterocycles. The maximum atomic E-state index is 12.7. The number of amides is 1. The highest BCUT2D eigenvalue weighted by Gasteiger charge is 2.33. The average molecular weight is 423 g/mol. The monoisotopic (exact) mass is 422 g/mol. The van der Waals surface area contributed by atoms with Crippen molar-refractivity contribution in [3.8, 4) is 5.88 Å². The predicted octanol–water partition coefficient (Wildman–Crippen LogP) is 3.10. The minimum atomic E-state index is -0.515. The van der Waals surface area contributed by atoms with Gasteiger partial charge in [0.2, 0.25) is 11.7 Å². The molecule has 0 radical (unpaired) electrons. The molecule has 0 spiro atoms. The molecule has 7 nitrogen and oxygen atoms in total. The van der Waals surface area contributed by atoms with Crippen LogP contribution in [0.5, 0.6) is 5.88 Å². The van der Waals surface area contributed by atoms with E-state index >= 15 is 0 Å². The van der Waals surface area contributed by atoms with E-state index in [1.54, 1.807) is 6.07 Å². The Morgan fingerprint density at radius 3 is 2.42 bits per heavy atom. The summed E-state index contributed by atoms with van der Waals surface area (Å²) in [5.74, 6) is -0.348. The second-order valence-corrected chi connectivity index (χ2v) is 8.34. The SMILES string of the molecule is CCCCOc1cc2c(c(N)n1)CC(=O)C(=O)N2Cc1ccc(CN2CCCC2)cc1. The second-order valence-electron chi connectivity index (χ2n) is 8.34. The number of benzene rings is 1. The number of anilines is 2. The number of rotatable bonds is 8. The summed E-state index contributed by atoms with van der Waals surface area (Å²) in [5.41, 5.74) is 9.55. The van der Waals surface area contributed by atoms with Crippen LogP contribution in [-0.2, 0) is 29.1 Å². The van der Waals surface area contributed by atoms with Crippen LogP contribution in [0.25, 0.3) is 0 Å². The topological polar surface area (TPSA) is 88.8 Å². The van der Waals surface area contributed by atoms with Gasteiger partial charge >= 0.3 is 0 Å². The van der Waals surface area contributed by atoms with E-state index in [2.05, 4.69) is 28.9 Å². The summed E-state index contributed by atoms with van der Waals surface area (Å²) in [6, 6.07) is 9.99. The fourth-order valence-corrected chi connectivity index (χ4v) is 4.16. The first-order chi connectivity index (χ1) is 15.0. The third-order valence-corrected chi connectivity index (χ3v) is 5.94. The van der Waals surface area contributed by atoms with Gasteiger partial charge in [-0.15, -0.1) is 0 Å². The number of likely N-dealkylation sites (tertiary alicyclic amines) is 1. The number of carbonyl (C=O) groups excluding carboxylic acids is 2. The Hall–Kier alpha value is -2.93. The lowest BCUT2D eigenvalue weighted by atomic mass is 10.00. The van der Waals surface area contributed by atoms with Crippen molar-refractivity contribution < 1.29 is 14.3 Å². The first kappa shape index (κ1) is 21.3. The quantitative estimate of drug-likeness (QED) is 0.519. The maximum Gasteiger partial charge on any atom is 0.295 e. The Balaban J connectivity index is 1.54. The number of nitrogens with two attached hydrogens (primary N) is 1. The molecule has 2 aliphatic rings. The van der Waals surface area contributed by atoms with Gasteiger partial charge in [0.25, 0.3) is 5.91 Å². The molecule has 31 heavy (non-hydrogen) atoms. The van der Waals surface area contributed by atoms with Crippen molar-refractivity contribution in [3.63, 3.8) is 0 Å². The molecule has 2 aromatic rings. The molecule has 1 aromatic carbocycles. The highest BCUT2D eigenvalue weighted by molar-refractivity contribution is 6.43. The van der Waals surface area contributed by atoms with E-state index in [-0.39, 0.29) is 12.2 Å². The van der Waals surface area contributed by atoms with Crippen LogP contribution in [0.2, 0.25) is 0 Å². The third kappa shape index (κ3) is 4.88. The Bertz CT molecular complexity index is 952. The first-order valence-corrected chi connectivity index (χ1v) is 11.1. The molecule has 3 heterocycles. The summed E-state index contributed by atoms with van der Waals surface area (Å²) >= 11 is 0. The number of nitrogens with zero attached hydrogens (tertiary/aromatic N) is 3. The number of nitrogen functional groups attached to an aromatic ring is 1. The van der Waals surface area contributed by atoms with Crippen molar-refractivity contribution in [2.24, 2.45) is 0 Å². The highest BCUT2D eigenvalue weighted by Crippen LogP contribution is 2.34. The van der Waals surface area contributed by atoms with Crippen LogP contribution in [0.4, 0.5) is 11.5 Å². The van der Waals surface area contributed by atoms with Gasteiger partial charge in [-0.3, -0.25) is 14.5 Å². The fourth-order valence-electron chi connectivity index (χ4n) is 4.16. The summed E-state index contributed by atoms with van der Waals surface area (Å²) in [7, 11) is 0. The molecule has 7 heteroatoms. The smallest absolute Gasteiger partial charge is 0.295 e. The van der Waals surface area contributed by atoms with Crippen LogP contribution >= 0.6 is 0 Å². The van der Waals surface area contributed by atoms with Gasteiger partial charge in [0.15, 0.2) is 0 Å². The van der Waals surface area contributed by atoms with Gasteiger partial charge in [-0.1, -0.05) is 37.6 Å². The Kier molecular flexibility index (Phi) is 6.51. The number of aromatic nitrogens is 1. The molecule has 0 atom stereocenters. The maximum absolute atomic E-state index is 12.7. The van der Waals surface area contributed by atoms with E-state index in [9.17, 15) is 9.59 Å². The van der Waals surface area contributed by atoms with Gasteiger partial charge in [-0.05, 0) is 43.5 Å². The van der Waals surface area contributed by atoms with Gasteiger partial charge in [0.05, 0.1) is 18.8 Å². The Morgan fingerprint density at radius 1 is 1.06 bits per heavy atom. The number of ether oxygens (including phenoxy) is 1.